The fourth-order valence-electron chi connectivity index (χ4n) is 5.18. The Morgan fingerprint density at radius 3 is 2.68 bits per heavy atom. The molecule has 37 heavy (non-hydrogen) atoms. The fraction of sp³-hybridized carbons (Fsp3) is 0.483. The van der Waals surface area contributed by atoms with Gasteiger partial charge in [0.05, 0.1) is 19.2 Å². The molecule has 3 fully saturated rings. The van der Waals surface area contributed by atoms with Gasteiger partial charge in [0.25, 0.3) is 0 Å². The van der Waals surface area contributed by atoms with Gasteiger partial charge >= 0.3 is 0 Å². The van der Waals surface area contributed by atoms with E-state index in [2.05, 4.69) is 20.5 Å². The maximum atomic E-state index is 14.6. The van der Waals surface area contributed by atoms with Gasteiger partial charge in [-0.05, 0) is 57.3 Å². The standard InChI is InChI=1S/C29H33FN4O3/c30-25-16-22(29(35)21-4-5-21)6-7-23(25)19-37-28-3-1-2-26(32-28)20-8-12-33(13-9-20)18-27-31-11-14-34(27)17-24-10-15-36-24/h1-3,6-7,11,14,16,20-21,24H,4-5,8-10,12-13,15,17-19H2/t24-/m0/s1. The van der Waals surface area contributed by atoms with E-state index in [0.29, 0.717) is 29.0 Å². The van der Waals surface area contributed by atoms with Crippen molar-refractivity contribution < 1.29 is 18.7 Å². The van der Waals surface area contributed by atoms with Crippen LogP contribution in [0.15, 0.2) is 48.8 Å². The minimum absolute atomic E-state index is 0.0419. The zero-order valence-electron chi connectivity index (χ0n) is 21.0. The Morgan fingerprint density at radius 2 is 1.95 bits per heavy atom. The summed E-state index contributed by atoms with van der Waals surface area (Å²) in [6.45, 7) is 4.66. The molecule has 194 valence electrons. The van der Waals surface area contributed by atoms with Crippen molar-refractivity contribution >= 4 is 5.78 Å². The fourth-order valence-corrected chi connectivity index (χ4v) is 5.18. The molecule has 0 radical (unpaired) electrons. The summed E-state index contributed by atoms with van der Waals surface area (Å²) in [5.74, 6) is 1.68. The molecule has 1 aliphatic carbocycles. The summed E-state index contributed by atoms with van der Waals surface area (Å²) in [4.78, 5) is 24.0. The second-order valence-electron chi connectivity index (χ2n) is 10.5. The second kappa shape index (κ2) is 10.7. The van der Waals surface area contributed by atoms with E-state index in [1.807, 2.05) is 24.5 Å². The van der Waals surface area contributed by atoms with Crippen LogP contribution in [-0.2, 0) is 24.4 Å². The first-order chi connectivity index (χ1) is 18.1. The molecule has 3 aromatic rings. The Morgan fingerprint density at radius 1 is 1.11 bits per heavy atom. The molecule has 4 heterocycles. The van der Waals surface area contributed by atoms with Gasteiger partial charge in [-0.15, -0.1) is 0 Å². The van der Waals surface area contributed by atoms with Crippen molar-refractivity contribution in [2.45, 2.75) is 63.8 Å². The Hall–Kier alpha value is -3.10. The summed E-state index contributed by atoms with van der Waals surface area (Å²) in [7, 11) is 0. The van der Waals surface area contributed by atoms with Crippen molar-refractivity contribution in [3.05, 3.63) is 77.3 Å². The zero-order chi connectivity index (χ0) is 25.2. The molecule has 8 heteroatoms. The molecule has 0 N–H and O–H groups in total. The molecular weight excluding hydrogens is 471 g/mol. The third-order valence-electron chi connectivity index (χ3n) is 7.77. The van der Waals surface area contributed by atoms with E-state index in [4.69, 9.17) is 14.5 Å². The van der Waals surface area contributed by atoms with Crippen LogP contribution in [0.2, 0.25) is 0 Å². The summed E-state index contributed by atoms with van der Waals surface area (Å²) in [5, 5.41) is 0. The summed E-state index contributed by atoms with van der Waals surface area (Å²) in [6.07, 6.45) is 9.24. The number of piperidine rings is 1. The van der Waals surface area contributed by atoms with Gasteiger partial charge in [0.2, 0.25) is 5.88 Å². The molecule has 0 amide bonds. The number of likely N-dealkylation sites (tertiary alicyclic amines) is 1. The molecule has 2 saturated heterocycles. The third kappa shape index (κ3) is 5.75. The molecule has 7 nitrogen and oxygen atoms in total. The van der Waals surface area contributed by atoms with Crippen LogP contribution in [0.3, 0.4) is 0 Å². The summed E-state index contributed by atoms with van der Waals surface area (Å²) < 4.78 is 28.2. The van der Waals surface area contributed by atoms with Gasteiger partial charge < -0.3 is 14.0 Å². The lowest BCUT2D eigenvalue weighted by Gasteiger charge is -2.32. The van der Waals surface area contributed by atoms with Gasteiger partial charge in [0.15, 0.2) is 5.78 Å². The first kappa shape index (κ1) is 24.2. The average molecular weight is 505 g/mol. The van der Waals surface area contributed by atoms with E-state index < -0.39 is 5.82 Å². The molecular formula is C29H33FN4O3. The molecule has 1 atom stereocenters. The smallest absolute Gasteiger partial charge is 0.213 e. The number of benzene rings is 1. The Kier molecular flexibility index (Phi) is 7.02. The van der Waals surface area contributed by atoms with Crippen molar-refractivity contribution in [1.29, 1.82) is 0 Å². The maximum absolute atomic E-state index is 14.6. The number of ketones is 1. The topological polar surface area (TPSA) is 69.5 Å². The number of hydrogen-bond donors (Lipinski definition) is 0. The molecule has 3 aliphatic rings. The third-order valence-corrected chi connectivity index (χ3v) is 7.77. The number of pyridine rings is 1. The quantitative estimate of drug-likeness (QED) is 0.371. The minimum Gasteiger partial charge on any atom is -0.473 e. The first-order valence-electron chi connectivity index (χ1n) is 13.4. The number of aromatic nitrogens is 3. The Balaban J connectivity index is 1.01. The highest BCUT2D eigenvalue weighted by Gasteiger charge is 2.30. The van der Waals surface area contributed by atoms with Crippen LogP contribution in [0.5, 0.6) is 5.88 Å². The van der Waals surface area contributed by atoms with Gasteiger partial charge in [-0.1, -0.05) is 18.2 Å². The number of carbonyl (C=O) groups is 1. The van der Waals surface area contributed by atoms with Gasteiger partial charge in [0, 0.05) is 53.7 Å². The zero-order valence-corrected chi connectivity index (χ0v) is 21.0. The van der Waals surface area contributed by atoms with E-state index in [9.17, 15) is 9.18 Å². The van der Waals surface area contributed by atoms with E-state index >= 15 is 0 Å². The summed E-state index contributed by atoms with van der Waals surface area (Å²) >= 11 is 0. The van der Waals surface area contributed by atoms with E-state index in [1.54, 1.807) is 12.1 Å². The van der Waals surface area contributed by atoms with Crippen LogP contribution in [0.4, 0.5) is 4.39 Å². The summed E-state index contributed by atoms with van der Waals surface area (Å²) in [6, 6.07) is 10.5. The van der Waals surface area contributed by atoms with Gasteiger partial charge in [0.1, 0.15) is 18.2 Å². The number of ether oxygens (including phenoxy) is 2. The van der Waals surface area contributed by atoms with E-state index in [1.165, 1.54) is 6.07 Å². The Labute approximate surface area is 216 Å². The van der Waals surface area contributed by atoms with E-state index in [-0.39, 0.29) is 18.3 Å². The van der Waals surface area contributed by atoms with Gasteiger partial charge in [-0.3, -0.25) is 9.69 Å². The van der Waals surface area contributed by atoms with Crippen molar-refractivity contribution in [3.8, 4) is 5.88 Å². The maximum Gasteiger partial charge on any atom is 0.213 e. The van der Waals surface area contributed by atoms with Crippen LogP contribution < -0.4 is 4.74 Å². The van der Waals surface area contributed by atoms with Crippen LogP contribution in [-0.4, -0.2) is 51.0 Å². The predicted octanol–water partition coefficient (Wildman–Crippen LogP) is 4.76. The van der Waals surface area contributed by atoms with Crippen molar-refractivity contribution in [1.82, 2.24) is 19.4 Å². The minimum atomic E-state index is -0.407. The summed E-state index contributed by atoms with van der Waals surface area (Å²) in [5.41, 5.74) is 1.90. The lowest BCUT2D eigenvalue weighted by atomic mass is 9.93. The molecule has 6 rings (SSSR count). The van der Waals surface area contributed by atoms with Crippen molar-refractivity contribution in [3.63, 3.8) is 0 Å². The molecule has 1 saturated carbocycles. The lowest BCUT2D eigenvalue weighted by molar-refractivity contribution is -0.0598. The number of nitrogens with zero attached hydrogens (tertiary/aromatic N) is 4. The highest BCUT2D eigenvalue weighted by Crippen LogP contribution is 2.33. The van der Waals surface area contributed by atoms with Crippen LogP contribution in [0, 0.1) is 11.7 Å². The number of carbonyl (C=O) groups excluding carboxylic acids is 1. The normalized spacial score (nSPS) is 20.5. The molecule has 0 bridgehead atoms. The molecule has 0 spiro atoms. The highest BCUT2D eigenvalue weighted by atomic mass is 19.1. The number of halogens is 1. The van der Waals surface area contributed by atoms with Gasteiger partial charge in [-0.25, -0.2) is 14.4 Å². The van der Waals surface area contributed by atoms with Crippen LogP contribution >= 0.6 is 0 Å². The van der Waals surface area contributed by atoms with Gasteiger partial charge in [-0.2, -0.15) is 0 Å². The SMILES string of the molecule is O=C(c1ccc(COc2cccc(C3CCN(Cc4nccn4C[C@@H]4CCO4)CC3)n2)c(F)c1)C1CC1. The number of rotatable bonds is 10. The second-order valence-corrected chi connectivity index (χ2v) is 10.5. The number of Topliss-reactive ketones (excluding diaryl/α,β-unsaturated/α-hetero) is 1. The van der Waals surface area contributed by atoms with E-state index in [0.717, 1.165) is 76.4 Å². The number of hydrogen-bond acceptors (Lipinski definition) is 6. The van der Waals surface area contributed by atoms with Crippen LogP contribution in [0.1, 0.15) is 65.5 Å². The highest BCUT2D eigenvalue weighted by molar-refractivity contribution is 5.99. The Bertz CT molecular complexity index is 1250. The average Bonchev–Trinajstić information content (AvgIpc) is 3.66. The number of imidazole rings is 1. The predicted molar refractivity (Wildman–Crippen MR) is 136 cm³/mol. The molecule has 1 aromatic carbocycles. The lowest BCUT2D eigenvalue weighted by Crippen LogP contribution is -2.35. The monoisotopic (exact) mass is 504 g/mol. The van der Waals surface area contributed by atoms with Crippen LogP contribution in [0.25, 0.3) is 0 Å². The van der Waals surface area contributed by atoms with Crippen molar-refractivity contribution in [2.75, 3.05) is 19.7 Å². The molecule has 2 aromatic heterocycles. The van der Waals surface area contributed by atoms with Crippen molar-refractivity contribution in [2.24, 2.45) is 5.92 Å². The molecule has 0 unspecified atom stereocenters. The largest absolute Gasteiger partial charge is 0.473 e. The molecule has 2 aliphatic heterocycles. The first-order valence-corrected chi connectivity index (χ1v) is 13.4.